The van der Waals surface area contributed by atoms with Gasteiger partial charge in [0, 0.05) is 88.3 Å². The van der Waals surface area contributed by atoms with Gasteiger partial charge < -0.3 is 96.7 Å². The first-order valence-electron chi connectivity index (χ1n) is 32.0. The standard InChI is InChI=1S/C63H92N10O20S/c1-4-36-5-14-42(15-6-36)70-21-23-71(24-22-70)43-16-12-39(13-17-43)38-8-10-40(11-9-38)57(83)66-46-27-44(77)29-65-61(87)55-56(82)34(2)30-73(55)63(89)54(49(80)19-20-64-41(32-74)33-75)69-60(86)53(50(81)25-37-7-18-48(79)51(26-37)93-94(90,91)92)68-59(85)47-28-45(78)31-72(47)62(88)52(35(3)76)67-58(46)84/h7-13,16-18,26,34-36,41-42,44-47,49-50,52-56,64,74-82,90-92H,4-6,14-15,19-25,27-33H2,1-3H3,(H,65,87)(H,66,83)(H,67,84)(H,68,85)(H,69,86)/t34-,35+,36?,42?,44+,45+,46?,47-,49+,50+,52-,53-,54-,55-,56-/m0/s1. The van der Waals surface area contributed by atoms with Crippen molar-refractivity contribution < 1.29 is 97.4 Å². The number of carbonyl (C=O) groups is 7. The largest absolute Gasteiger partial charge is 0.504 e. The molecule has 13 atom stereocenters. The molecule has 5 aliphatic rings. The number of nitrogens with one attached hydrogen (secondary N) is 6. The fourth-order valence-electron chi connectivity index (χ4n) is 13.1. The van der Waals surface area contributed by atoms with Gasteiger partial charge in [0.15, 0.2) is 11.5 Å². The van der Waals surface area contributed by atoms with Crippen molar-refractivity contribution in [3.63, 3.8) is 0 Å². The topological polar surface area (TPSA) is 457 Å². The molecule has 0 aromatic heterocycles. The molecule has 7 amide bonds. The number of benzene rings is 3. The van der Waals surface area contributed by atoms with E-state index in [0.29, 0.717) is 6.04 Å². The van der Waals surface area contributed by atoms with Crippen molar-refractivity contribution in [2.75, 3.05) is 70.5 Å². The van der Waals surface area contributed by atoms with Crippen molar-refractivity contribution >= 4 is 58.2 Å². The van der Waals surface area contributed by atoms with Gasteiger partial charge >= 0.3 is 0 Å². The van der Waals surface area contributed by atoms with E-state index in [1.165, 1.54) is 57.2 Å². The van der Waals surface area contributed by atoms with E-state index in [1.807, 2.05) is 12.1 Å². The average Bonchev–Trinajstić information content (AvgIpc) is 1.60. The predicted molar refractivity (Wildman–Crippen MR) is 341 cm³/mol. The Morgan fingerprint density at radius 1 is 0.713 bits per heavy atom. The van der Waals surface area contributed by atoms with E-state index < -0.39 is 201 Å². The van der Waals surface area contributed by atoms with Gasteiger partial charge in [-0.25, -0.2) is 0 Å². The van der Waals surface area contributed by atoms with Gasteiger partial charge in [-0.3, -0.25) is 52.1 Å². The Morgan fingerprint density at radius 3 is 1.95 bits per heavy atom. The van der Waals surface area contributed by atoms with Crippen LogP contribution in [0.4, 0.5) is 5.69 Å². The van der Waals surface area contributed by atoms with E-state index in [0.717, 1.165) is 77.8 Å². The van der Waals surface area contributed by atoms with Crippen LogP contribution in [0.5, 0.6) is 11.5 Å². The van der Waals surface area contributed by atoms with Gasteiger partial charge in [0.1, 0.15) is 36.3 Å². The molecule has 520 valence electrons. The monoisotopic (exact) mass is 1340 g/mol. The number of amides is 7. The summed E-state index contributed by atoms with van der Waals surface area (Å²) in [5, 5.41) is 114. The maximum absolute atomic E-state index is 15.0. The van der Waals surface area contributed by atoms with Crippen LogP contribution in [0.25, 0.3) is 11.1 Å². The van der Waals surface area contributed by atoms with Crippen molar-refractivity contribution in [1.29, 1.82) is 0 Å². The number of aromatic hydroxyl groups is 1. The summed E-state index contributed by atoms with van der Waals surface area (Å²) < 4.78 is 33.4. The minimum Gasteiger partial charge on any atom is -0.504 e. The lowest BCUT2D eigenvalue weighted by molar-refractivity contribution is -0.147. The highest BCUT2D eigenvalue weighted by Gasteiger charge is 2.50. The molecule has 0 radical (unpaired) electrons. The molecule has 0 bridgehead atoms. The molecule has 3 aromatic rings. The Balaban J connectivity index is 1.07. The molecule has 18 N–H and O–H groups in total. The smallest absolute Gasteiger partial charge is 0.266 e. The van der Waals surface area contributed by atoms with Crippen LogP contribution in [0.3, 0.4) is 0 Å². The first-order chi connectivity index (χ1) is 44.7. The molecule has 4 heterocycles. The number of hydrogen-bond acceptors (Lipinski definition) is 23. The molecule has 5 fully saturated rings. The highest BCUT2D eigenvalue weighted by Crippen LogP contribution is 2.41. The third-order valence-electron chi connectivity index (χ3n) is 18.7. The van der Waals surface area contributed by atoms with E-state index in [-0.39, 0.29) is 24.2 Å². The molecule has 1 unspecified atom stereocenters. The van der Waals surface area contributed by atoms with Crippen LogP contribution >= 0.6 is 11.2 Å². The summed E-state index contributed by atoms with van der Waals surface area (Å²) in [5.41, 5.74) is 2.74. The van der Waals surface area contributed by atoms with Crippen LogP contribution in [-0.2, 0) is 35.2 Å². The third-order valence-corrected chi connectivity index (χ3v) is 19.1. The lowest BCUT2D eigenvalue weighted by Gasteiger charge is -2.42. The minimum atomic E-state index is -4.74. The van der Waals surface area contributed by atoms with E-state index in [1.54, 1.807) is 12.1 Å². The van der Waals surface area contributed by atoms with Gasteiger partial charge in [-0.15, -0.1) is 0 Å². The zero-order valence-corrected chi connectivity index (χ0v) is 53.7. The van der Waals surface area contributed by atoms with Crippen molar-refractivity contribution in [3.8, 4) is 22.6 Å². The highest BCUT2D eigenvalue weighted by atomic mass is 32.3. The highest BCUT2D eigenvalue weighted by molar-refractivity contribution is 8.15. The fraction of sp³-hybridized carbons (Fsp3) is 0.603. The van der Waals surface area contributed by atoms with Gasteiger partial charge in [-0.05, 0) is 105 Å². The number of carbonyl (C=O) groups excluding carboxylic acids is 7. The molecule has 1 saturated carbocycles. The van der Waals surface area contributed by atoms with Crippen LogP contribution < -0.4 is 41.0 Å². The van der Waals surface area contributed by atoms with E-state index in [4.69, 9.17) is 0 Å². The Bertz CT molecular complexity index is 3070. The maximum atomic E-state index is 15.0. The number of phenolic OH excluding ortho intramolecular Hbond substituents is 1. The molecule has 4 saturated heterocycles. The summed E-state index contributed by atoms with van der Waals surface area (Å²) >= 11 is -4.74. The Morgan fingerprint density at radius 2 is 1.33 bits per heavy atom. The molecule has 31 heteroatoms. The summed E-state index contributed by atoms with van der Waals surface area (Å²) in [7, 11) is 0. The van der Waals surface area contributed by atoms with Gasteiger partial charge in [0.25, 0.3) is 17.1 Å². The number of rotatable bonds is 19. The molecular weight excluding hydrogens is 1250 g/mol. The third kappa shape index (κ3) is 18.6. The molecule has 1 aliphatic carbocycles. The van der Waals surface area contributed by atoms with Crippen LogP contribution in [-0.4, -0.2) is 266 Å². The summed E-state index contributed by atoms with van der Waals surface area (Å²) in [6.07, 6.45) is -6.59. The number of aliphatic hydroxyl groups is 8. The van der Waals surface area contributed by atoms with Crippen molar-refractivity contribution in [1.82, 2.24) is 46.6 Å². The number of phenols is 1. The molecule has 4 aliphatic heterocycles. The normalized spacial score (nSPS) is 28.6. The number of aliphatic hydroxyl groups excluding tert-OH is 8. The van der Waals surface area contributed by atoms with Crippen LogP contribution in [0.1, 0.15) is 88.1 Å². The van der Waals surface area contributed by atoms with E-state index in [2.05, 4.69) is 64.9 Å². The van der Waals surface area contributed by atoms with Crippen molar-refractivity contribution in [2.45, 2.75) is 164 Å². The fourth-order valence-corrected chi connectivity index (χ4v) is 13.5. The minimum absolute atomic E-state index is 0.0559. The van der Waals surface area contributed by atoms with Crippen LogP contribution in [0.15, 0.2) is 66.7 Å². The molecule has 3 aromatic carbocycles. The van der Waals surface area contributed by atoms with Crippen LogP contribution in [0, 0.1) is 11.8 Å². The molecular formula is C63H92N10O20S. The van der Waals surface area contributed by atoms with Gasteiger partial charge in [0.05, 0.1) is 55.9 Å². The Kier molecular flexibility index (Phi) is 25.4. The molecule has 0 spiro atoms. The average molecular weight is 1340 g/mol. The molecule has 94 heavy (non-hydrogen) atoms. The zero-order valence-electron chi connectivity index (χ0n) is 52.9. The number of fused-ring (bicyclic) bond motifs is 2. The lowest BCUT2D eigenvalue weighted by Crippen LogP contribution is -2.64. The van der Waals surface area contributed by atoms with Crippen molar-refractivity contribution in [3.05, 3.63) is 77.9 Å². The molecule has 30 nitrogen and oxygen atoms in total. The number of β-amino-alcohol motifs (C(OH)–C–C–N with tert-alkyl or cyclic N) is 1. The molecule has 8 rings (SSSR count). The summed E-state index contributed by atoms with van der Waals surface area (Å²) in [6.45, 7) is 5.72. The Hall–Kier alpha value is -6.82. The summed E-state index contributed by atoms with van der Waals surface area (Å²) in [6, 6.07) is 5.84. The number of hydrogen-bond donors (Lipinski definition) is 18. The van der Waals surface area contributed by atoms with Gasteiger partial charge in [-0.2, -0.15) is 0 Å². The van der Waals surface area contributed by atoms with Gasteiger partial charge in [0.2, 0.25) is 35.4 Å². The number of piperazine rings is 1. The maximum Gasteiger partial charge on any atom is 0.266 e. The summed E-state index contributed by atoms with van der Waals surface area (Å²) in [5.74, 6) is -9.49. The first kappa shape index (κ1) is 73.0. The van der Waals surface area contributed by atoms with E-state index in [9.17, 15) is 93.2 Å². The predicted octanol–water partition coefficient (Wildman–Crippen LogP) is -2.05. The van der Waals surface area contributed by atoms with Crippen molar-refractivity contribution in [2.24, 2.45) is 11.8 Å². The lowest BCUT2D eigenvalue weighted by atomic mass is 9.84. The van der Waals surface area contributed by atoms with E-state index >= 15 is 0 Å². The second-order valence-corrected chi connectivity index (χ2v) is 26.5. The number of anilines is 1. The second kappa shape index (κ2) is 32.7. The second-order valence-electron chi connectivity index (χ2n) is 25.4. The number of nitrogens with zero attached hydrogens (tertiary/aromatic N) is 4. The Labute approximate surface area is 546 Å². The van der Waals surface area contributed by atoms with Crippen LogP contribution in [0.2, 0.25) is 0 Å². The first-order valence-corrected chi connectivity index (χ1v) is 33.5. The quantitative estimate of drug-likeness (QED) is 0.0614. The summed E-state index contributed by atoms with van der Waals surface area (Å²) in [4.78, 5) is 109. The zero-order chi connectivity index (χ0) is 68.3. The van der Waals surface area contributed by atoms with Gasteiger partial charge in [-0.1, -0.05) is 50.6 Å². The SMILES string of the molecule is CCC1CCC(N2CCN(c3ccc(-c4ccc(C(=O)NC5C[C@@H](O)CNC(=O)[C@@H]6[C@@H](O)[C@@H](C)CN6C(=O)[C@H]([C@H](O)CCNC(CO)CO)NC(=O)[C@H]([C@H](O)Cc6ccc(O)c(OS(O)(O)O)c6)NC(=O)[C@@H]6C[C@@H](O)CN6C(=O)[C@H]([C@@H](C)O)NC5=O)cc4)cc3)CC2)CC1.